The number of aromatic nitrogens is 4. The van der Waals surface area contributed by atoms with Crippen molar-refractivity contribution in [3.8, 4) is 5.88 Å². The summed E-state index contributed by atoms with van der Waals surface area (Å²) in [6.07, 6.45) is 6.09. The molecule has 6 aromatic rings. The van der Waals surface area contributed by atoms with Gasteiger partial charge in [-0.1, -0.05) is 29.8 Å². The number of pyridine rings is 1. The summed E-state index contributed by atoms with van der Waals surface area (Å²) in [5, 5.41) is 4.18. The Morgan fingerprint density at radius 3 is 2.85 bits per heavy atom. The van der Waals surface area contributed by atoms with Crippen LogP contribution in [0.4, 0.5) is 9.39 Å². The third-order valence-electron chi connectivity index (χ3n) is 8.84. The number of fused-ring (bicyclic) bond motifs is 2. The number of nitrogens with one attached hydrogen (secondary N) is 2. The molecule has 1 saturated heterocycles. The first-order valence-corrected chi connectivity index (χ1v) is 17.1. The zero-order chi connectivity index (χ0) is 32.6. The molecule has 0 bridgehead atoms. The van der Waals surface area contributed by atoms with Gasteiger partial charge in [0.2, 0.25) is 5.88 Å². The fourth-order valence-electron chi connectivity index (χ4n) is 6.12. The predicted octanol–water partition coefficient (Wildman–Crippen LogP) is 7.68. The Labute approximate surface area is 285 Å². The Balaban J connectivity index is 0.962. The van der Waals surface area contributed by atoms with E-state index in [0.717, 1.165) is 82.4 Å². The number of imidazole rings is 1. The fourth-order valence-corrected chi connectivity index (χ4v) is 7.20. The summed E-state index contributed by atoms with van der Waals surface area (Å²) in [4.78, 5) is 28.4. The zero-order valence-electron chi connectivity index (χ0n) is 25.9. The largest absolute Gasteiger partial charge is 0.473 e. The molecule has 2 N–H and O–H groups in total. The van der Waals surface area contributed by atoms with Gasteiger partial charge in [-0.25, -0.2) is 14.4 Å². The van der Waals surface area contributed by atoms with Crippen molar-refractivity contribution in [3.63, 3.8) is 0 Å². The van der Waals surface area contributed by atoms with E-state index in [1.807, 2.05) is 48.7 Å². The molecule has 2 aliphatic rings. The zero-order valence-corrected chi connectivity index (χ0v) is 27.5. The Kier molecular flexibility index (Phi) is 8.43. The average Bonchev–Trinajstić information content (AvgIpc) is 3.76. The van der Waals surface area contributed by atoms with Crippen molar-refractivity contribution < 1.29 is 18.7 Å². The van der Waals surface area contributed by atoms with E-state index in [1.54, 1.807) is 29.5 Å². The molecule has 12 heteroatoms. The number of halogens is 2. The first-order valence-electron chi connectivity index (χ1n) is 15.9. The van der Waals surface area contributed by atoms with Crippen LogP contribution < -0.4 is 10.1 Å². The average molecular weight is 683 g/mol. The summed E-state index contributed by atoms with van der Waals surface area (Å²) >= 11 is 7.41. The first-order chi connectivity index (χ1) is 23.4. The van der Waals surface area contributed by atoms with E-state index in [0.29, 0.717) is 28.6 Å². The highest BCUT2D eigenvalue weighted by atomic mass is 35.5. The molecule has 48 heavy (non-hydrogen) atoms. The molecule has 244 valence electrons. The van der Waals surface area contributed by atoms with E-state index in [-0.39, 0.29) is 18.6 Å². The van der Waals surface area contributed by atoms with E-state index in [1.165, 1.54) is 6.07 Å². The lowest BCUT2D eigenvalue weighted by Crippen LogP contribution is -2.33. The quantitative estimate of drug-likeness (QED) is 0.154. The van der Waals surface area contributed by atoms with Crippen molar-refractivity contribution >= 4 is 60.7 Å². The third-order valence-corrected chi connectivity index (χ3v) is 10.1. The number of hydrogen-bond acceptors (Lipinski definition) is 7. The highest BCUT2D eigenvalue weighted by Gasteiger charge is 2.24. The standard InChI is InChI=1S/C36H32ClFN6O3S/c37-25-6-4-24(27(38)17-25)21-47-34-3-1-2-28(41-34)22-9-13-43(14-10-22)20-33-40-29-16-23(5-7-31(29)44(33)19-26-11-15-46-26)36(45)42-35-18-30-32(48-35)8-12-39-30/h1-9,12,16-18,26,39H,10-11,13-15,19-21H2,(H,42,45)/t26-/m0/s1. The molecule has 0 radical (unpaired) electrons. The maximum Gasteiger partial charge on any atom is 0.256 e. The lowest BCUT2D eigenvalue weighted by atomic mass is 10.0. The van der Waals surface area contributed by atoms with Crippen molar-refractivity contribution in [1.82, 2.24) is 24.4 Å². The Bertz CT molecular complexity index is 2140. The van der Waals surface area contributed by atoms with Crippen LogP contribution in [0.3, 0.4) is 0 Å². The Morgan fingerprint density at radius 1 is 1.15 bits per heavy atom. The topological polar surface area (TPSA) is 97.3 Å². The second-order valence-corrected chi connectivity index (χ2v) is 13.6. The molecule has 9 nitrogen and oxygen atoms in total. The number of hydrogen-bond donors (Lipinski definition) is 2. The molecule has 0 unspecified atom stereocenters. The number of nitrogens with zero attached hydrogens (tertiary/aromatic N) is 4. The van der Waals surface area contributed by atoms with Gasteiger partial charge in [-0.2, -0.15) is 0 Å². The highest BCUT2D eigenvalue weighted by Crippen LogP contribution is 2.30. The Morgan fingerprint density at radius 2 is 2.06 bits per heavy atom. The number of amides is 1. The van der Waals surface area contributed by atoms with Crippen LogP contribution in [0.2, 0.25) is 5.02 Å². The smallest absolute Gasteiger partial charge is 0.256 e. The number of carbonyl (C=O) groups excluding carboxylic acids is 1. The van der Waals surface area contributed by atoms with Gasteiger partial charge in [0.15, 0.2) is 0 Å². The minimum absolute atomic E-state index is 0.0667. The van der Waals surface area contributed by atoms with Crippen LogP contribution >= 0.6 is 22.9 Å². The predicted molar refractivity (Wildman–Crippen MR) is 186 cm³/mol. The van der Waals surface area contributed by atoms with Crippen LogP contribution in [0.25, 0.3) is 26.8 Å². The fraction of sp³-hybridized carbons (Fsp3) is 0.250. The molecule has 8 rings (SSSR count). The molecule has 2 aliphatic heterocycles. The van der Waals surface area contributed by atoms with Crippen molar-refractivity contribution in [2.75, 3.05) is 25.0 Å². The maximum absolute atomic E-state index is 14.2. The van der Waals surface area contributed by atoms with Crippen LogP contribution in [0.1, 0.15) is 40.3 Å². The molecule has 1 amide bonds. The van der Waals surface area contributed by atoms with Gasteiger partial charge >= 0.3 is 0 Å². The van der Waals surface area contributed by atoms with E-state index in [4.69, 9.17) is 31.0 Å². The minimum Gasteiger partial charge on any atom is -0.473 e. The van der Waals surface area contributed by atoms with Gasteiger partial charge in [-0.3, -0.25) is 9.69 Å². The van der Waals surface area contributed by atoms with Crippen molar-refractivity contribution in [2.24, 2.45) is 0 Å². The van der Waals surface area contributed by atoms with Crippen LogP contribution in [-0.2, 0) is 24.4 Å². The number of carbonyl (C=O) groups is 1. The second-order valence-electron chi connectivity index (χ2n) is 12.0. The number of ether oxygens (including phenoxy) is 2. The molecule has 6 heterocycles. The van der Waals surface area contributed by atoms with Gasteiger partial charge in [0.1, 0.15) is 18.2 Å². The molecule has 1 atom stereocenters. The molecular formula is C36H32ClFN6O3S. The van der Waals surface area contributed by atoms with Crippen LogP contribution in [0.5, 0.6) is 5.88 Å². The number of benzene rings is 2. The number of anilines is 1. The highest BCUT2D eigenvalue weighted by molar-refractivity contribution is 7.22. The summed E-state index contributed by atoms with van der Waals surface area (Å²) in [6.45, 7) is 3.81. The number of aromatic amines is 1. The molecule has 1 fully saturated rings. The van der Waals surface area contributed by atoms with Crippen LogP contribution in [0, 0.1) is 5.82 Å². The molecule has 0 spiro atoms. The normalized spacial score (nSPS) is 16.6. The van der Waals surface area contributed by atoms with Crippen molar-refractivity contribution in [2.45, 2.75) is 38.6 Å². The van der Waals surface area contributed by atoms with Crippen molar-refractivity contribution in [3.05, 3.63) is 112 Å². The monoisotopic (exact) mass is 682 g/mol. The number of rotatable bonds is 10. The lowest BCUT2D eigenvalue weighted by molar-refractivity contribution is -0.0591. The van der Waals surface area contributed by atoms with Gasteiger partial charge < -0.3 is 24.3 Å². The molecule has 0 saturated carbocycles. The number of thiophene rings is 1. The molecule has 2 aromatic carbocycles. The number of H-pyrrole nitrogens is 1. The van der Waals surface area contributed by atoms with Gasteiger partial charge in [-0.15, -0.1) is 11.3 Å². The van der Waals surface area contributed by atoms with E-state index >= 15 is 0 Å². The van der Waals surface area contributed by atoms with Crippen molar-refractivity contribution in [1.29, 1.82) is 0 Å². The van der Waals surface area contributed by atoms with E-state index in [9.17, 15) is 9.18 Å². The SMILES string of the molecule is O=C(Nc1cc2[nH]ccc2s1)c1ccc2c(c1)nc(CN1CC=C(c3cccc(OCc4ccc(Cl)cc4F)n3)CC1)n2C[C@@H]1CCO1. The molecule has 4 aromatic heterocycles. The lowest BCUT2D eigenvalue weighted by Gasteiger charge is -2.29. The molecular weight excluding hydrogens is 651 g/mol. The van der Waals surface area contributed by atoms with Crippen LogP contribution in [0.15, 0.2) is 79.0 Å². The van der Waals surface area contributed by atoms with E-state index in [2.05, 4.69) is 25.8 Å². The summed E-state index contributed by atoms with van der Waals surface area (Å²) in [6, 6.07) is 19.9. The minimum atomic E-state index is -0.402. The maximum atomic E-state index is 14.2. The summed E-state index contributed by atoms with van der Waals surface area (Å²) in [7, 11) is 0. The van der Waals surface area contributed by atoms with E-state index < -0.39 is 5.82 Å². The second kappa shape index (κ2) is 13.2. The molecule has 0 aliphatic carbocycles. The Hall–Kier alpha value is -4.55. The summed E-state index contributed by atoms with van der Waals surface area (Å²) < 4.78 is 29.2. The van der Waals surface area contributed by atoms with Gasteiger partial charge in [0, 0.05) is 48.1 Å². The summed E-state index contributed by atoms with van der Waals surface area (Å²) in [5.41, 5.74) is 5.78. The van der Waals surface area contributed by atoms with Gasteiger partial charge in [0.25, 0.3) is 5.91 Å². The summed E-state index contributed by atoms with van der Waals surface area (Å²) in [5.74, 6) is 0.831. The van der Waals surface area contributed by atoms with Gasteiger partial charge in [0.05, 0.1) is 51.1 Å². The van der Waals surface area contributed by atoms with Gasteiger partial charge in [-0.05, 0) is 66.9 Å². The third kappa shape index (κ3) is 6.46. The van der Waals surface area contributed by atoms with Crippen LogP contribution in [-0.4, -0.2) is 56.1 Å². The first kappa shape index (κ1) is 30.8.